The van der Waals surface area contributed by atoms with Gasteiger partial charge in [-0.1, -0.05) is 78.9 Å². The molecule has 0 amide bonds. The lowest BCUT2D eigenvalue weighted by Gasteiger charge is -2.22. The van der Waals surface area contributed by atoms with Gasteiger partial charge in [-0.25, -0.2) is 0 Å². The summed E-state index contributed by atoms with van der Waals surface area (Å²) in [7, 11) is 0. The normalized spacial score (nSPS) is 14.9. The highest BCUT2D eigenvalue weighted by atomic mass is 79.9. The van der Waals surface area contributed by atoms with Crippen LogP contribution in [0.25, 0.3) is 21.9 Å². The van der Waals surface area contributed by atoms with Crippen LogP contribution in [-0.4, -0.2) is 10.9 Å². The largest absolute Gasteiger partial charge is 0.506 e. The predicted molar refractivity (Wildman–Crippen MR) is 133 cm³/mol. The Balaban J connectivity index is 1.97. The molecule has 0 unspecified atom stereocenters. The number of carbonyl (C=O) groups excluding carboxylic acids is 1. The molecule has 0 fully saturated rings. The number of benzene rings is 4. The van der Waals surface area contributed by atoms with Crippen LogP contribution in [0.15, 0.2) is 100.0 Å². The van der Waals surface area contributed by atoms with Gasteiger partial charge >= 0.3 is 0 Å². The molecular formula is C27H16Br2O2. The average Bonchev–Trinajstić information content (AvgIpc) is 2.81. The summed E-state index contributed by atoms with van der Waals surface area (Å²) in [6, 6.07) is 27.6. The lowest BCUT2D eigenvalue weighted by Crippen LogP contribution is -2.09. The molecule has 0 saturated heterocycles. The number of hydrogen-bond acceptors (Lipinski definition) is 2. The summed E-state index contributed by atoms with van der Waals surface area (Å²) in [6.07, 6.45) is 1.91. The minimum Gasteiger partial charge on any atom is -0.506 e. The molecule has 0 saturated carbocycles. The van der Waals surface area contributed by atoms with Crippen molar-refractivity contribution in [1.29, 1.82) is 0 Å². The zero-order valence-corrected chi connectivity index (χ0v) is 19.4. The van der Waals surface area contributed by atoms with E-state index in [0.717, 1.165) is 38.6 Å². The maximum atomic E-state index is 12.8. The smallest absolute Gasteiger partial charge is 0.200 e. The zero-order valence-electron chi connectivity index (χ0n) is 16.3. The SMILES string of the molecule is O=C1C(Br)=C/C(=C(/c2ccccc2)c2cc(Br)c(O)c3ccccc23)c2ccccc21. The molecule has 1 N–H and O–H groups in total. The molecule has 2 nitrogen and oxygen atoms in total. The number of phenols is 1. The molecule has 4 aromatic rings. The number of ketones is 1. The van der Waals surface area contributed by atoms with Crippen LogP contribution in [0.4, 0.5) is 0 Å². The molecule has 4 heteroatoms. The Hall–Kier alpha value is -2.95. The van der Waals surface area contributed by atoms with Gasteiger partial charge in [0, 0.05) is 10.9 Å². The van der Waals surface area contributed by atoms with Crippen molar-refractivity contribution >= 4 is 59.6 Å². The molecule has 5 rings (SSSR count). The molecule has 1 aliphatic carbocycles. The highest BCUT2D eigenvalue weighted by Gasteiger charge is 2.26. The van der Waals surface area contributed by atoms with Gasteiger partial charge in [0.1, 0.15) is 5.75 Å². The molecule has 0 spiro atoms. The van der Waals surface area contributed by atoms with Crippen molar-refractivity contribution in [2.75, 3.05) is 0 Å². The molecule has 31 heavy (non-hydrogen) atoms. The minimum absolute atomic E-state index is 0.0245. The number of fused-ring (bicyclic) bond motifs is 2. The van der Waals surface area contributed by atoms with E-state index in [1.54, 1.807) is 0 Å². The van der Waals surface area contributed by atoms with Crippen molar-refractivity contribution in [2.45, 2.75) is 0 Å². The third-order valence-electron chi connectivity index (χ3n) is 5.52. The molecular weight excluding hydrogens is 516 g/mol. The zero-order chi connectivity index (χ0) is 21.5. The van der Waals surface area contributed by atoms with E-state index in [1.165, 1.54) is 0 Å². The maximum Gasteiger partial charge on any atom is 0.200 e. The number of aromatic hydroxyl groups is 1. The van der Waals surface area contributed by atoms with Crippen molar-refractivity contribution < 1.29 is 9.90 Å². The van der Waals surface area contributed by atoms with E-state index in [2.05, 4.69) is 44.0 Å². The predicted octanol–water partition coefficient (Wildman–Crippen LogP) is 7.74. The van der Waals surface area contributed by atoms with E-state index in [1.807, 2.05) is 78.9 Å². The Morgan fingerprint density at radius 1 is 0.742 bits per heavy atom. The number of rotatable bonds is 2. The monoisotopic (exact) mass is 530 g/mol. The first kappa shape index (κ1) is 20.0. The van der Waals surface area contributed by atoms with Crippen molar-refractivity contribution in [3.63, 3.8) is 0 Å². The summed E-state index contributed by atoms with van der Waals surface area (Å²) < 4.78 is 1.15. The Labute approximate surface area is 196 Å². The topological polar surface area (TPSA) is 37.3 Å². The number of allylic oxidation sites excluding steroid dienone is 3. The molecule has 0 aromatic heterocycles. The van der Waals surface area contributed by atoms with E-state index < -0.39 is 0 Å². The van der Waals surface area contributed by atoms with Gasteiger partial charge in [-0.15, -0.1) is 0 Å². The number of hydrogen-bond donors (Lipinski definition) is 1. The Bertz CT molecular complexity index is 1420. The second-order valence-corrected chi connectivity index (χ2v) is 9.03. The van der Waals surface area contributed by atoms with Crippen LogP contribution >= 0.6 is 31.9 Å². The maximum absolute atomic E-state index is 12.8. The highest BCUT2D eigenvalue weighted by molar-refractivity contribution is 9.12. The van der Waals surface area contributed by atoms with E-state index in [-0.39, 0.29) is 11.5 Å². The summed E-state index contributed by atoms with van der Waals surface area (Å²) >= 11 is 7.02. The number of halogens is 2. The third kappa shape index (κ3) is 3.36. The van der Waals surface area contributed by atoms with Gasteiger partial charge in [0.15, 0.2) is 0 Å². The van der Waals surface area contributed by atoms with Crippen LogP contribution in [-0.2, 0) is 0 Å². The van der Waals surface area contributed by atoms with E-state index >= 15 is 0 Å². The van der Waals surface area contributed by atoms with Gasteiger partial charge in [0.25, 0.3) is 0 Å². The number of phenolic OH excluding ortho intramolecular Hbond substituents is 1. The molecule has 0 heterocycles. The van der Waals surface area contributed by atoms with Gasteiger partial charge in [0.2, 0.25) is 5.78 Å². The summed E-state index contributed by atoms with van der Waals surface area (Å²) in [5.41, 5.74) is 5.51. The van der Waals surface area contributed by atoms with Crippen LogP contribution in [0.2, 0.25) is 0 Å². The van der Waals surface area contributed by atoms with Crippen molar-refractivity contribution in [3.8, 4) is 5.75 Å². The molecule has 0 aliphatic heterocycles. The van der Waals surface area contributed by atoms with Gasteiger partial charge < -0.3 is 5.11 Å². The molecule has 150 valence electrons. The Morgan fingerprint density at radius 2 is 1.35 bits per heavy atom. The first-order valence-corrected chi connectivity index (χ1v) is 11.4. The van der Waals surface area contributed by atoms with E-state index in [0.29, 0.717) is 14.5 Å². The lowest BCUT2D eigenvalue weighted by atomic mass is 9.82. The number of Topliss-reactive ketones (excluding diaryl/α,β-unsaturated/α-hetero) is 1. The van der Waals surface area contributed by atoms with Gasteiger partial charge in [-0.3, -0.25) is 4.79 Å². The first-order chi connectivity index (χ1) is 15.1. The van der Waals surface area contributed by atoms with Gasteiger partial charge in [0.05, 0.1) is 8.96 Å². The average molecular weight is 532 g/mol. The highest BCUT2D eigenvalue weighted by Crippen LogP contribution is 2.44. The third-order valence-corrected chi connectivity index (χ3v) is 6.71. The van der Waals surface area contributed by atoms with E-state index in [9.17, 15) is 9.90 Å². The molecule has 4 aromatic carbocycles. The van der Waals surface area contributed by atoms with Crippen LogP contribution in [0.5, 0.6) is 5.75 Å². The summed E-state index contributed by atoms with van der Waals surface area (Å²) in [5.74, 6) is 0.191. The first-order valence-electron chi connectivity index (χ1n) is 9.78. The van der Waals surface area contributed by atoms with E-state index in [4.69, 9.17) is 0 Å². The Morgan fingerprint density at radius 3 is 2.10 bits per heavy atom. The summed E-state index contributed by atoms with van der Waals surface area (Å²) in [6.45, 7) is 0. The van der Waals surface area contributed by atoms with Crippen LogP contribution in [0.1, 0.15) is 27.0 Å². The van der Waals surface area contributed by atoms with Gasteiger partial charge in [-0.05, 0) is 77.2 Å². The molecule has 1 aliphatic rings. The van der Waals surface area contributed by atoms with Crippen molar-refractivity contribution in [1.82, 2.24) is 0 Å². The standard InChI is InChI=1S/C27H16Br2O2/c28-23-14-21(17-10-4-6-12-19(17)26(23)30)25(16-8-2-1-3-9-16)22-15-24(29)27(31)20-13-7-5-11-18(20)22/h1-15,30H/b25-22+. The van der Waals surface area contributed by atoms with Crippen molar-refractivity contribution in [3.05, 3.63) is 122 Å². The fourth-order valence-electron chi connectivity index (χ4n) is 4.12. The van der Waals surface area contributed by atoms with Crippen LogP contribution in [0.3, 0.4) is 0 Å². The molecule has 0 radical (unpaired) electrons. The molecule has 0 atom stereocenters. The van der Waals surface area contributed by atoms with Crippen LogP contribution in [0, 0.1) is 0 Å². The Kier molecular flexibility index (Phi) is 5.12. The quantitative estimate of drug-likeness (QED) is 0.287. The second-order valence-electron chi connectivity index (χ2n) is 7.32. The fraction of sp³-hybridized carbons (Fsp3) is 0. The van der Waals surface area contributed by atoms with Crippen molar-refractivity contribution in [2.24, 2.45) is 0 Å². The van der Waals surface area contributed by atoms with Crippen LogP contribution < -0.4 is 0 Å². The van der Waals surface area contributed by atoms with Gasteiger partial charge in [-0.2, -0.15) is 0 Å². The summed E-state index contributed by atoms with van der Waals surface area (Å²) in [4.78, 5) is 12.8. The number of carbonyl (C=O) groups is 1. The second kappa shape index (κ2) is 7.95. The lowest BCUT2D eigenvalue weighted by molar-refractivity contribution is 0.104. The summed E-state index contributed by atoms with van der Waals surface area (Å²) in [5, 5.41) is 12.4. The molecule has 0 bridgehead atoms. The fourth-order valence-corrected chi connectivity index (χ4v) is 5.00. The minimum atomic E-state index is -0.0245.